The lowest BCUT2D eigenvalue weighted by Gasteiger charge is -2.25. The van der Waals surface area contributed by atoms with Crippen LogP contribution in [0.5, 0.6) is 0 Å². The van der Waals surface area contributed by atoms with Crippen molar-refractivity contribution < 1.29 is 9.47 Å². The molecule has 6 nitrogen and oxygen atoms in total. The second-order valence-corrected chi connectivity index (χ2v) is 5.49. The van der Waals surface area contributed by atoms with E-state index in [1.807, 2.05) is 6.92 Å². The molecule has 0 amide bonds. The van der Waals surface area contributed by atoms with Crippen LogP contribution in [-0.2, 0) is 16.1 Å². The van der Waals surface area contributed by atoms with Crippen molar-refractivity contribution in [1.29, 1.82) is 0 Å². The normalized spacial score (nSPS) is 11.6. The van der Waals surface area contributed by atoms with E-state index in [9.17, 15) is 0 Å². The van der Waals surface area contributed by atoms with Gasteiger partial charge in [-0.25, -0.2) is 9.97 Å². The van der Waals surface area contributed by atoms with Gasteiger partial charge in [0.1, 0.15) is 18.2 Å². The van der Waals surface area contributed by atoms with Crippen LogP contribution in [0.1, 0.15) is 33.0 Å². The van der Waals surface area contributed by atoms with E-state index in [0.717, 1.165) is 25.4 Å². The minimum atomic E-state index is 0.121. The van der Waals surface area contributed by atoms with Crippen molar-refractivity contribution in [3.05, 3.63) is 11.9 Å². The molecule has 1 aromatic rings. The zero-order valence-corrected chi connectivity index (χ0v) is 12.9. The minimum Gasteiger partial charge on any atom is -0.385 e. The van der Waals surface area contributed by atoms with E-state index in [1.54, 1.807) is 13.2 Å². The third kappa shape index (κ3) is 6.16. The molecule has 0 saturated heterocycles. The van der Waals surface area contributed by atoms with Gasteiger partial charge in [-0.2, -0.15) is 0 Å². The smallest absolute Gasteiger partial charge is 0.158 e. The molecule has 0 bridgehead atoms. The van der Waals surface area contributed by atoms with Crippen molar-refractivity contribution in [3.63, 3.8) is 0 Å². The first-order valence-electron chi connectivity index (χ1n) is 6.91. The van der Waals surface area contributed by atoms with E-state index >= 15 is 0 Å². The van der Waals surface area contributed by atoms with Crippen molar-refractivity contribution in [1.82, 2.24) is 9.97 Å². The molecule has 0 radical (unpaired) electrons. The topological polar surface area (TPSA) is 82.3 Å². The Kier molecular flexibility index (Phi) is 6.67. The lowest BCUT2D eigenvalue weighted by Crippen LogP contribution is -2.25. The molecule has 0 aromatic carbocycles. The van der Waals surface area contributed by atoms with Gasteiger partial charge in [0.2, 0.25) is 0 Å². The minimum absolute atomic E-state index is 0.121. The van der Waals surface area contributed by atoms with E-state index in [2.05, 4.69) is 29.1 Å². The number of methoxy groups -OCH3 is 1. The zero-order valence-electron chi connectivity index (χ0n) is 12.9. The lowest BCUT2D eigenvalue weighted by atomic mass is 9.90. The van der Waals surface area contributed by atoms with Crippen LogP contribution in [-0.4, -0.2) is 36.8 Å². The number of nitrogens with zero attached hydrogens (tertiary/aromatic N) is 2. The molecule has 0 fully saturated rings. The Labute approximate surface area is 121 Å². The number of nitrogens with one attached hydrogen (secondary N) is 1. The van der Waals surface area contributed by atoms with E-state index in [0.29, 0.717) is 24.9 Å². The van der Waals surface area contributed by atoms with Crippen molar-refractivity contribution >= 4 is 11.6 Å². The molecular weight excluding hydrogens is 256 g/mol. The highest BCUT2D eigenvalue weighted by molar-refractivity contribution is 5.44. The Bertz CT molecular complexity index is 410. The average Bonchev–Trinajstić information content (AvgIpc) is 2.40. The molecule has 0 unspecified atom stereocenters. The van der Waals surface area contributed by atoms with Gasteiger partial charge in [-0.05, 0) is 18.8 Å². The van der Waals surface area contributed by atoms with E-state index in [-0.39, 0.29) is 5.41 Å². The Morgan fingerprint density at radius 3 is 2.75 bits per heavy atom. The molecule has 0 aliphatic heterocycles. The van der Waals surface area contributed by atoms with Gasteiger partial charge in [0, 0.05) is 32.9 Å². The van der Waals surface area contributed by atoms with Gasteiger partial charge in [-0.15, -0.1) is 0 Å². The second-order valence-electron chi connectivity index (χ2n) is 5.49. The van der Waals surface area contributed by atoms with Crippen LogP contribution in [0.4, 0.5) is 11.6 Å². The number of anilines is 2. The molecule has 6 heteroatoms. The molecule has 1 heterocycles. The number of rotatable bonds is 9. The van der Waals surface area contributed by atoms with Crippen LogP contribution in [0.3, 0.4) is 0 Å². The standard InChI is InChI=1S/C14H26N4O2/c1-5-20-9-13-17-11(15)8-12(18-13)16-10-14(2,3)6-7-19-4/h8H,5-7,9-10H2,1-4H3,(H3,15,16,17,18). The van der Waals surface area contributed by atoms with Gasteiger partial charge in [-0.3, -0.25) is 0 Å². The van der Waals surface area contributed by atoms with Crippen LogP contribution < -0.4 is 11.1 Å². The Balaban J connectivity index is 2.60. The molecular formula is C14H26N4O2. The third-order valence-corrected chi connectivity index (χ3v) is 2.96. The molecule has 0 aliphatic carbocycles. The van der Waals surface area contributed by atoms with Crippen LogP contribution in [0.2, 0.25) is 0 Å². The number of aromatic nitrogens is 2. The van der Waals surface area contributed by atoms with Crippen molar-refractivity contribution in [2.24, 2.45) is 5.41 Å². The van der Waals surface area contributed by atoms with E-state index in [4.69, 9.17) is 15.2 Å². The van der Waals surface area contributed by atoms with Crippen molar-refractivity contribution in [3.8, 4) is 0 Å². The second kappa shape index (κ2) is 8.01. The summed E-state index contributed by atoms with van der Waals surface area (Å²) in [5, 5.41) is 3.31. The summed E-state index contributed by atoms with van der Waals surface area (Å²) < 4.78 is 10.4. The summed E-state index contributed by atoms with van der Waals surface area (Å²) in [4.78, 5) is 8.54. The molecule has 3 N–H and O–H groups in total. The van der Waals surface area contributed by atoms with Crippen molar-refractivity contribution in [2.75, 3.05) is 37.9 Å². The van der Waals surface area contributed by atoms with Crippen LogP contribution in [0.25, 0.3) is 0 Å². The molecule has 1 aromatic heterocycles. The SMILES string of the molecule is CCOCc1nc(N)cc(NCC(C)(C)CCOC)n1. The Morgan fingerprint density at radius 2 is 2.10 bits per heavy atom. The molecule has 114 valence electrons. The van der Waals surface area contributed by atoms with Gasteiger partial charge in [-0.1, -0.05) is 13.8 Å². The predicted molar refractivity (Wildman–Crippen MR) is 80.5 cm³/mol. The Hall–Kier alpha value is -1.40. The first kappa shape index (κ1) is 16.7. The number of nitrogen functional groups attached to an aromatic ring is 1. The fraction of sp³-hybridized carbons (Fsp3) is 0.714. The first-order valence-corrected chi connectivity index (χ1v) is 6.91. The fourth-order valence-electron chi connectivity index (χ4n) is 1.66. The number of nitrogens with two attached hydrogens (primary N) is 1. The Morgan fingerprint density at radius 1 is 1.35 bits per heavy atom. The summed E-state index contributed by atoms with van der Waals surface area (Å²) in [7, 11) is 1.72. The zero-order chi connectivity index (χ0) is 15.0. The predicted octanol–water partition coefficient (Wildman–Crippen LogP) is 2.07. The van der Waals surface area contributed by atoms with Crippen LogP contribution in [0, 0.1) is 5.41 Å². The summed E-state index contributed by atoms with van der Waals surface area (Å²) in [5.41, 5.74) is 5.90. The van der Waals surface area contributed by atoms with Crippen LogP contribution in [0.15, 0.2) is 6.07 Å². The maximum Gasteiger partial charge on any atom is 0.158 e. The largest absolute Gasteiger partial charge is 0.385 e. The fourth-order valence-corrected chi connectivity index (χ4v) is 1.66. The number of ether oxygens (including phenoxy) is 2. The molecule has 20 heavy (non-hydrogen) atoms. The highest BCUT2D eigenvalue weighted by atomic mass is 16.5. The highest BCUT2D eigenvalue weighted by Crippen LogP contribution is 2.21. The van der Waals surface area contributed by atoms with Crippen LogP contribution >= 0.6 is 0 Å². The first-order chi connectivity index (χ1) is 9.46. The van der Waals surface area contributed by atoms with Crippen molar-refractivity contribution in [2.45, 2.75) is 33.8 Å². The number of hydrogen-bond acceptors (Lipinski definition) is 6. The molecule has 0 atom stereocenters. The summed E-state index contributed by atoms with van der Waals surface area (Å²) in [6, 6.07) is 1.74. The van der Waals surface area contributed by atoms with Gasteiger partial charge < -0.3 is 20.5 Å². The maximum absolute atomic E-state index is 5.78. The van der Waals surface area contributed by atoms with Gasteiger partial charge in [0.15, 0.2) is 5.82 Å². The molecule has 1 rings (SSSR count). The van der Waals surface area contributed by atoms with E-state index < -0.39 is 0 Å². The summed E-state index contributed by atoms with van der Waals surface area (Å²) in [6.07, 6.45) is 0.975. The summed E-state index contributed by atoms with van der Waals surface area (Å²) in [6.45, 7) is 8.85. The summed E-state index contributed by atoms with van der Waals surface area (Å²) in [5.74, 6) is 1.79. The maximum atomic E-state index is 5.78. The third-order valence-electron chi connectivity index (χ3n) is 2.96. The van der Waals surface area contributed by atoms with Gasteiger partial charge >= 0.3 is 0 Å². The summed E-state index contributed by atoms with van der Waals surface area (Å²) >= 11 is 0. The molecule has 0 saturated carbocycles. The monoisotopic (exact) mass is 282 g/mol. The lowest BCUT2D eigenvalue weighted by molar-refractivity contribution is 0.128. The average molecular weight is 282 g/mol. The van der Waals surface area contributed by atoms with E-state index in [1.165, 1.54) is 0 Å². The number of hydrogen-bond donors (Lipinski definition) is 2. The highest BCUT2D eigenvalue weighted by Gasteiger charge is 2.17. The van der Waals surface area contributed by atoms with Gasteiger partial charge in [0.25, 0.3) is 0 Å². The van der Waals surface area contributed by atoms with Gasteiger partial charge in [0.05, 0.1) is 0 Å². The molecule has 0 spiro atoms. The quantitative estimate of drug-likeness (QED) is 0.721. The molecule has 0 aliphatic rings.